The van der Waals surface area contributed by atoms with Gasteiger partial charge in [-0.05, 0) is 38.1 Å². The van der Waals surface area contributed by atoms with E-state index in [0.717, 1.165) is 25.7 Å². The van der Waals surface area contributed by atoms with Crippen LogP contribution < -0.4 is 5.32 Å². The third kappa shape index (κ3) is 2.91. The molecule has 0 atom stereocenters. The van der Waals surface area contributed by atoms with Gasteiger partial charge in [-0.15, -0.1) is 0 Å². The second kappa shape index (κ2) is 5.40. The van der Waals surface area contributed by atoms with Crippen molar-refractivity contribution in [3.63, 3.8) is 0 Å². The summed E-state index contributed by atoms with van der Waals surface area (Å²) >= 11 is 0. The normalized spacial score (nSPS) is 16.4. The van der Waals surface area contributed by atoms with Crippen molar-refractivity contribution in [2.45, 2.75) is 12.8 Å². The average molecular weight is 244 g/mol. The summed E-state index contributed by atoms with van der Waals surface area (Å²) in [7, 11) is 0. The van der Waals surface area contributed by atoms with Crippen molar-refractivity contribution in [2.75, 3.05) is 31.5 Å². The highest BCUT2D eigenvalue weighted by molar-refractivity contribution is 5.45. The maximum atomic E-state index is 13.3. The summed E-state index contributed by atoms with van der Waals surface area (Å²) < 4.78 is 38.9. The molecule has 1 aliphatic heterocycles. The number of halogens is 3. The van der Waals surface area contributed by atoms with Gasteiger partial charge in [0.05, 0.1) is 5.69 Å². The van der Waals surface area contributed by atoms with Gasteiger partial charge in [0.2, 0.25) is 0 Å². The van der Waals surface area contributed by atoms with E-state index < -0.39 is 17.5 Å². The van der Waals surface area contributed by atoms with Crippen LogP contribution in [-0.4, -0.2) is 31.1 Å². The van der Waals surface area contributed by atoms with Crippen molar-refractivity contribution < 1.29 is 13.2 Å². The molecule has 1 N–H and O–H groups in total. The summed E-state index contributed by atoms with van der Waals surface area (Å²) in [5.41, 5.74) is 0.0168. The summed E-state index contributed by atoms with van der Waals surface area (Å²) in [5, 5.41) is 2.78. The first-order chi connectivity index (χ1) is 8.18. The Morgan fingerprint density at radius 2 is 1.76 bits per heavy atom. The summed E-state index contributed by atoms with van der Waals surface area (Å²) in [6.07, 6.45) is 2.39. The minimum absolute atomic E-state index is 0.0168. The van der Waals surface area contributed by atoms with Crippen LogP contribution in [0.25, 0.3) is 0 Å². The van der Waals surface area contributed by atoms with E-state index in [1.54, 1.807) is 0 Å². The van der Waals surface area contributed by atoms with Crippen molar-refractivity contribution in [1.29, 1.82) is 0 Å². The Morgan fingerprint density at radius 1 is 1.06 bits per heavy atom. The Morgan fingerprint density at radius 3 is 2.47 bits per heavy atom. The van der Waals surface area contributed by atoms with Gasteiger partial charge in [-0.1, -0.05) is 0 Å². The largest absolute Gasteiger partial charge is 0.381 e. The quantitative estimate of drug-likeness (QED) is 0.819. The van der Waals surface area contributed by atoms with Gasteiger partial charge in [-0.25, -0.2) is 13.2 Å². The average Bonchev–Trinajstić information content (AvgIpc) is 2.82. The Hall–Kier alpha value is -1.23. The van der Waals surface area contributed by atoms with Crippen molar-refractivity contribution in [3.05, 3.63) is 29.6 Å². The van der Waals surface area contributed by atoms with E-state index in [2.05, 4.69) is 10.2 Å². The standard InChI is InChI=1S/C12H15F3N2/c13-9-3-4-10(12(15)11(9)14)16-5-8-17-6-1-2-7-17/h3-4,16H,1-2,5-8H2. The fraction of sp³-hybridized carbons (Fsp3) is 0.500. The molecule has 94 valence electrons. The molecule has 0 spiro atoms. The van der Waals surface area contributed by atoms with Gasteiger partial charge in [0, 0.05) is 13.1 Å². The van der Waals surface area contributed by atoms with E-state index in [-0.39, 0.29) is 5.69 Å². The van der Waals surface area contributed by atoms with E-state index in [0.29, 0.717) is 6.54 Å². The number of anilines is 1. The first-order valence-corrected chi connectivity index (χ1v) is 5.78. The molecule has 0 unspecified atom stereocenters. The number of likely N-dealkylation sites (tertiary alicyclic amines) is 1. The van der Waals surface area contributed by atoms with Crippen LogP contribution in [-0.2, 0) is 0 Å². The number of nitrogens with zero attached hydrogens (tertiary/aromatic N) is 1. The van der Waals surface area contributed by atoms with E-state index >= 15 is 0 Å². The zero-order valence-electron chi connectivity index (χ0n) is 9.48. The lowest BCUT2D eigenvalue weighted by Crippen LogP contribution is -2.26. The van der Waals surface area contributed by atoms with Gasteiger partial charge < -0.3 is 10.2 Å². The lowest BCUT2D eigenvalue weighted by atomic mass is 10.3. The van der Waals surface area contributed by atoms with E-state index in [1.807, 2.05) is 0 Å². The van der Waals surface area contributed by atoms with E-state index in [1.165, 1.54) is 18.9 Å². The Kier molecular flexibility index (Phi) is 3.89. The molecule has 0 radical (unpaired) electrons. The fourth-order valence-electron chi connectivity index (χ4n) is 2.02. The van der Waals surface area contributed by atoms with Gasteiger partial charge in [0.1, 0.15) is 0 Å². The van der Waals surface area contributed by atoms with Gasteiger partial charge in [-0.3, -0.25) is 0 Å². The zero-order chi connectivity index (χ0) is 12.3. The van der Waals surface area contributed by atoms with Crippen LogP contribution in [0.5, 0.6) is 0 Å². The molecule has 0 aromatic heterocycles. The molecule has 2 rings (SSSR count). The van der Waals surface area contributed by atoms with Crippen LogP contribution in [0.1, 0.15) is 12.8 Å². The molecule has 1 fully saturated rings. The van der Waals surface area contributed by atoms with E-state index in [9.17, 15) is 13.2 Å². The summed E-state index contributed by atoms with van der Waals surface area (Å²) in [6, 6.07) is 2.15. The molecule has 1 aliphatic rings. The highest BCUT2D eigenvalue weighted by atomic mass is 19.2. The van der Waals surface area contributed by atoms with Crippen molar-refractivity contribution in [3.8, 4) is 0 Å². The molecule has 0 amide bonds. The maximum absolute atomic E-state index is 13.3. The van der Waals surface area contributed by atoms with Crippen molar-refractivity contribution >= 4 is 5.69 Å². The lowest BCUT2D eigenvalue weighted by Gasteiger charge is -2.15. The fourth-order valence-corrected chi connectivity index (χ4v) is 2.02. The number of nitrogens with one attached hydrogen (secondary N) is 1. The van der Waals surface area contributed by atoms with Crippen LogP contribution in [0.3, 0.4) is 0 Å². The predicted octanol–water partition coefficient (Wildman–Crippen LogP) is 2.61. The van der Waals surface area contributed by atoms with Gasteiger partial charge in [0.15, 0.2) is 17.5 Å². The zero-order valence-corrected chi connectivity index (χ0v) is 9.48. The molecular formula is C12H15F3N2. The third-order valence-electron chi connectivity index (χ3n) is 2.98. The molecule has 0 bridgehead atoms. The van der Waals surface area contributed by atoms with Crippen molar-refractivity contribution in [1.82, 2.24) is 4.90 Å². The molecule has 1 saturated heterocycles. The topological polar surface area (TPSA) is 15.3 Å². The molecule has 1 heterocycles. The SMILES string of the molecule is Fc1ccc(NCCN2CCCC2)c(F)c1F. The van der Waals surface area contributed by atoms with E-state index in [4.69, 9.17) is 0 Å². The monoisotopic (exact) mass is 244 g/mol. The van der Waals surface area contributed by atoms with Crippen LogP contribution in [0.4, 0.5) is 18.9 Å². The molecule has 17 heavy (non-hydrogen) atoms. The van der Waals surface area contributed by atoms with Crippen LogP contribution >= 0.6 is 0 Å². The molecule has 2 nitrogen and oxygen atoms in total. The molecular weight excluding hydrogens is 229 g/mol. The van der Waals surface area contributed by atoms with Crippen molar-refractivity contribution in [2.24, 2.45) is 0 Å². The van der Waals surface area contributed by atoms with Crippen LogP contribution in [0, 0.1) is 17.5 Å². The molecule has 0 saturated carbocycles. The first kappa shape index (κ1) is 12.2. The number of hydrogen-bond acceptors (Lipinski definition) is 2. The highest BCUT2D eigenvalue weighted by Crippen LogP contribution is 2.19. The second-order valence-electron chi connectivity index (χ2n) is 4.20. The highest BCUT2D eigenvalue weighted by Gasteiger charge is 2.14. The third-order valence-corrected chi connectivity index (χ3v) is 2.98. The number of rotatable bonds is 4. The number of hydrogen-bond donors (Lipinski definition) is 1. The minimum atomic E-state index is -1.42. The van der Waals surface area contributed by atoms with Crippen LogP contribution in [0.2, 0.25) is 0 Å². The molecule has 1 aromatic rings. The number of benzene rings is 1. The second-order valence-corrected chi connectivity index (χ2v) is 4.20. The van der Waals surface area contributed by atoms with Gasteiger partial charge >= 0.3 is 0 Å². The molecule has 5 heteroatoms. The van der Waals surface area contributed by atoms with Gasteiger partial charge in [0.25, 0.3) is 0 Å². The predicted molar refractivity (Wildman–Crippen MR) is 60.5 cm³/mol. The first-order valence-electron chi connectivity index (χ1n) is 5.78. The Balaban J connectivity index is 1.88. The molecule has 0 aliphatic carbocycles. The lowest BCUT2D eigenvalue weighted by molar-refractivity contribution is 0.352. The van der Waals surface area contributed by atoms with Gasteiger partial charge in [-0.2, -0.15) is 0 Å². The summed E-state index contributed by atoms with van der Waals surface area (Å²) in [5.74, 6) is -3.73. The molecule has 1 aromatic carbocycles. The summed E-state index contributed by atoms with van der Waals surface area (Å²) in [4.78, 5) is 2.25. The Labute approximate surface area is 98.4 Å². The summed E-state index contributed by atoms with van der Waals surface area (Å²) in [6.45, 7) is 3.43. The maximum Gasteiger partial charge on any atom is 0.196 e. The Bertz CT molecular complexity index is 390. The minimum Gasteiger partial charge on any atom is -0.381 e. The smallest absolute Gasteiger partial charge is 0.196 e. The van der Waals surface area contributed by atoms with Crippen LogP contribution in [0.15, 0.2) is 12.1 Å².